The first-order valence-corrected chi connectivity index (χ1v) is 7.38. The molecule has 2 rings (SSSR count). The van der Waals surface area contributed by atoms with Gasteiger partial charge in [0.05, 0.1) is 6.54 Å². The molecule has 1 aliphatic carbocycles. The normalized spacial score (nSPS) is 22.2. The molecule has 1 saturated carbocycles. The van der Waals surface area contributed by atoms with Gasteiger partial charge >= 0.3 is 0 Å². The summed E-state index contributed by atoms with van der Waals surface area (Å²) in [7, 11) is 0. The van der Waals surface area contributed by atoms with Crippen molar-refractivity contribution in [2.75, 3.05) is 6.54 Å². The molecule has 3 nitrogen and oxygen atoms in total. The maximum absolute atomic E-state index is 13.6. The van der Waals surface area contributed by atoms with E-state index in [1.807, 2.05) is 6.92 Å². The van der Waals surface area contributed by atoms with Gasteiger partial charge in [0, 0.05) is 22.6 Å². The third kappa shape index (κ3) is 4.20. The van der Waals surface area contributed by atoms with Gasteiger partial charge in [-0.2, -0.15) is 0 Å². The smallest absolute Gasteiger partial charge is 0.191 e. The van der Waals surface area contributed by atoms with Crippen LogP contribution in [0.1, 0.15) is 25.8 Å². The lowest BCUT2D eigenvalue weighted by molar-refractivity contribution is 0.609. The van der Waals surface area contributed by atoms with Crippen LogP contribution in [0.25, 0.3) is 0 Å². The number of hydrogen-bond acceptors (Lipinski definition) is 1. The highest BCUT2D eigenvalue weighted by Crippen LogP contribution is 2.28. The Hall–Kier alpha value is -1.10. The molecule has 1 aliphatic rings. The van der Waals surface area contributed by atoms with Gasteiger partial charge in [-0.1, -0.05) is 22.9 Å². The Bertz CT molecular complexity index is 476. The minimum Gasteiger partial charge on any atom is -0.357 e. The van der Waals surface area contributed by atoms with E-state index in [-0.39, 0.29) is 5.82 Å². The van der Waals surface area contributed by atoms with Crippen molar-refractivity contribution >= 4 is 21.9 Å². The van der Waals surface area contributed by atoms with Gasteiger partial charge in [-0.05, 0) is 37.5 Å². The Labute approximate surface area is 121 Å². The average molecular weight is 328 g/mol. The number of rotatable bonds is 4. The molecule has 1 aromatic rings. The van der Waals surface area contributed by atoms with Crippen molar-refractivity contribution in [3.8, 4) is 0 Å². The van der Waals surface area contributed by atoms with Crippen LogP contribution in [0.4, 0.5) is 4.39 Å². The monoisotopic (exact) mass is 327 g/mol. The van der Waals surface area contributed by atoms with Crippen molar-refractivity contribution in [1.29, 1.82) is 0 Å². The number of aliphatic imine (C=N–C) groups is 1. The zero-order valence-electron chi connectivity index (χ0n) is 11.2. The lowest BCUT2D eigenvalue weighted by Gasteiger charge is -2.11. The van der Waals surface area contributed by atoms with Gasteiger partial charge in [0.25, 0.3) is 0 Å². The minimum atomic E-state index is -0.220. The van der Waals surface area contributed by atoms with Crippen LogP contribution >= 0.6 is 15.9 Å². The molecule has 19 heavy (non-hydrogen) atoms. The van der Waals surface area contributed by atoms with E-state index in [1.165, 1.54) is 12.5 Å². The highest BCUT2D eigenvalue weighted by Gasteiger charge is 2.33. The molecule has 2 N–H and O–H groups in total. The Morgan fingerprint density at radius 1 is 1.53 bits per heavy atom. The van der Waals surface area contributed by atoms with E-state index in [9.17, 15) is 4.39 Å². The van der Waals surface area contributed by atoms with E-state index in [1.54, 1.807) is 12.1 Å². The molecule has 0 amide bonds. The Kier molecular flexibility index (Phi) is 4.80. The van der Waals surface area contributed by atoms with Crippen molar-refractivity contribution in [2.24, 2.45) is 10.9 Å². The van der Waals surface area contributed by atoms with E-state index in [2.05, 4.69) is 38.5 Å². The molecule has 0 bridgehead atoms. The Morgan fingerprint density at radius 3 is 2.89 bits per heavy atom. The summed E-state index contributed by atoms with van der Waals surface area (Å²) in [6, 6.07) is 5.42. The van der Waals surface area contributed by atoms with Gasteiger partial charge in [-0.3, -0.25) is 0 Å². The largest absolute Gasteiger partial charge is 0.357 e. The van der Waals surface area contributed by atoms with Crippen LogP contribution in [-0.4, -0.2) is 18.5 Å². The molecule has 0 saturated heterocycles. The quantitative estimate of drug-likeness (QED) is 0.658. The van der Waals surface area contributed by atoms with Crippen molar-refractivity contribution in [3.63, 3.8) is 0 Å². The number of nitrogens with zero attached hydrogens (tertiary/aromatic N) is 1. The predicted octanol–water partition coefficient (Wildman–Crippen LogP) is 3.05. The van der Waals surface area contributed by atoms with E-state index in [0.717, 1.165) is 17.0 Å². The maximum atomic E-state index is 13.6. The zero-order chi connectivity index (χ0) is 13.8. The standard InChI is InChI=1S/C14H19BrFN3/c1-3-17-14(19-13-6-9(13)2)18-8-10-7-11(15)4-5-12(10)16/h4-5,7,9,13H,3,6,8H2,1-2H3,(H2,17,18,19). The molecule has 5 heteroatoms. The molecular weight excluding hydrogens is 309 g/mol. The first kappa shape index (κ1) is 14.3. The summed E-state index contributed by atoms with van der Waals surface area (Å²) in [6.45, 7) is 5.36. The molecule has 1 aromatic carbocycles. The van der Waals surface area contributed by atoms with Crippen LogP contribution in [0.5, 0.6) is 0 Å². The number of nitrogens with one attached hydrogen (secondary N) is 2. The Morgan fingerprint density at radius 2 is 2.26 bits per heavy atom. The van der Waals surface area contributed by atoms with Gasteiger partial charge in [-0.25, -0.2) is 9.38 Å². The van der Waals surface area contributed by atoms with Crippen LogP contribution in [0, 0.1) is 11.7 Å². The molecule has 0 radical (unpaired) electrons. The summed E-state index contributed by atoms with van der Waals surface area (Å²) < 4.78 is 14.5. The molecule has 0 aliphatic heterocycles. The molecule has 2 atom stereocenters. The van der Waals surface area contributed by atoms with Gasteiger partial charge in [0.15, 0.2) is 5.96 Å². The highest BCUT2D eigenvalue weighted by atomic mass is 79.9. The van der Waals surface area contributed by atoms with E-state index in [4.69, 9.17) is 0 Å². The van der Waals surface area contributed by atoms with Crippen molar-refractivity contribution in [1.82, 2.24) is 10.6 Å². The van der Waals surface area contributed by atoms with Gasteiger partial charge in [0.1, 0.15) is 5.82 Å². The van der Waals surface area contributed by atoms with Gasteiger partial charge in [-0.15, -0.1) is 0 Å². The lowest BCUT2D eigenvalue weighted by atomic mass is 10.2. The summed E-state index contributed by atoms with van der Waals surface area (Å²) >= 11 is 3.35. The zero-order valence-corrected chi connectivity index (χ0v) is 12.8. The molecule has 104 valence electrons. The third-order valence-electron chi connectivity index (χ3n) is 3.19. The van der Waals surface area contributed by atoms with Crippen molar-refractivity contribution in [2.45, 2.75) is 32.9 Å². The second kappa shape index (κ2) is 6.37. The summed E-state index contributed by atoms with van der Waals surface area (Å²) in [4.78, 5) is 4.43. The SMILES string of the molecule is CCNC(=NCc1cc(Br)ccc1F)NC1CC1C. The van der Waals surface area contributed by atoms with Crippen LogP contribution in [0.15, 0.2) is 27.7 Å². The summed E-state index contributed by atoms with van der Waals surface area (Å²) in [5.41, 5.74) is 0.593. The van der Waals surface area contributed by atoms with Crippen molar-refractivity contribution in [3.05, 3.63) is 34.1 Å². The highest BCUT2D eigenvalue weighted by molar-refractivity contribution is 9.10. The first-order valence-electron chi connectivity index (χ1n) is 6.59. The fourth-order valence-corrected chi connectivity index (χ4v) is 2.26. The number of benzene rings is 1. The maximum Gasteiger partial charge on any atom is 0.191 e. The van der Waals surface area contributed by atoms with E-state index < -0.39 is 0 Å². The first-order chi connectivity index (χ1) is 9.10. The summed E-state index contributed by atoms with van der Waals surface area (Å²) in [5, 5.41) is 6.53. The predicted molar refractivity (Wildman–Crippen MR) is 79.6 cm³/mol. The van der Waals surface area contributed by atoms with Crippen LogP contribution in [-0.2, 0) is 6.54 Å². The molecule has 2 unspecified atom stereocenters. The molecule has 1 fully saturated rings. The van der Waals surface area contributed by atoms with Crippen molar-refractivity contribution < 1.29 is 4.39 Å². The average Bonchev–Trinajstić information content (AvgIpc) is 3.06. The third-order valence-corrected chi connectivity index (χ3v) is 3.68. The summed E-state index contributed by atoms with van der Waals surface area (Å²) in [6.07, 6.45) is 1.18. The fraction of sp³-hybridized carbons (Fsp3) is 0.500. The second-order valence-corrected chi connectivity index (χ2v) is 5.81. The topological polar surface area (TPSA) is 36.4 Å². The van der Waals surface area contributed by atoms with Crippen LogP contribution in [0.2, 0.25) is 0 Å². The van der Waals surface area contributed by atoms with Gasteiger partial charge in [0.2, 0.25) is 0 Å². The molecule has 0 spiro atoms. The number of guanidine groups is 1. The van der Waals surface area contributed by atoms with E-state index >= 15 is 0 Å². The number of hydrogen-bond donors (Lipinski definition) is 2. The second-order valence-electron chi connectivity index (χ2n) is 4.89. The summed E-state index contributed by atoms with van der Waals surface area (Å²) in [5.74, 6) is 1.24. The molecule has 0 heterocycles. The Balaban J connectivity index is 2.02. The van der Waals surface area contributed by atoms with Crippen LogP contribution < -0.4 is 10.6 Å². The number of halogens is 2. The fourth-order valence-electron chi connectivity index (χ4n) is 1.85. The van der Waals surface area contributed by atoms with Crippen LogP contribution in [0.3, 0.4) is 0 Å². The molecular formula is C14H19BrFN3. The molecule has 0 aromatic heterocycles. The van der Waals surface area contributed by atoms with Gasteiger partial charge < -0.3 is 10.6 Å². The lowest BCUT2D eigenvalue weighted by Crippen LogP contribution is -2.39. The minimum absolute atomic E-state index is 0.220. The van der Waals surface area contributed by atoms with E-state index in [0.29, 0.717) is 24.1 Å².